The van der Waals surface area contributed by atoms with E-state index in [0.29, 0.717) is 22.2 Å². The minimum absolute atomic E-state index is 0.0598. The highest BCUT2D eigenvalue weighted by atomic mass is 32.2. The van der Waals surface area contributed by atoms with Gasteiger partial charge in [0.05, 0.1) is 12.9 Å². The summed E-state index contributed by atoms with van der Waals surface area (Å²) in [5.41, 5.74) is 2.94. The third-order valence-corrected chi connectivity index (χ3v) is 5.91. The number of aryl methyl sites for hydroxylation is 2. The molecule has 3 aromatic rings. The minimum Gasteiger partial charge on any atom is -0.497 e. The molecule has 0 spiro atoms. The highest BCUT2D eigenvalue weighted by molar-refractivity contribution is 7.99. The molecule has 0 bridgehead atoms. The van der Waals surface area contributed by atoms with Crippen molar-refractivity contribution in [2.75, 3.05) is 18.2 Å². The molecule has 2 amide bonds. The molecule has 2 aromatic carbocycles. The zero-order valence-electron chi connectivity index (χ0n) is 19.5. The number of methoxy groups -OCH3 is 1. The lowest BCUT2D eigenvalue weighted by molar-refractivity contribution is -0.136. The predicted octanol–water partition coefficient (Wildman–Crippen LogP) is 4.39. The summed E-state index contributed by atoms with van der Waals surface area (Å²) in [6, 6.07) is 13.9. The van der Waals surface area contributed by atoms with Gasteiger partial charge in [0, 0.05) is 23.6 Å². The molecule has 0 fully saturated rings. The van der Waals surface area contributed by atoms with Gasteiger partial charge in [-0.1, -0.05) is 23.9 Å². The molecule has 0 radical (unpaired) electrons. The van der Waals surface area contributed by atoms with E-state index in [1.54, 1.807) is 50.4 Å². The molecule has 3 rings (SSSR count). The minimum atomic E-state index is -0.777. The van der Waals surface area contributed by atoms with Gasteiger partial charge >= 0.3 is 0 Å². The van der Waals surface area contributed by atoms with E-state index >= 15 is 0 Å². The fourth-order valence-corrected chi connectivity index (χ4v) is 4.09. The first kappa shape index (κ1) is 25.2. The molecule has 0 aliphatic heterocycles. The van der Waals surface area contributed by atoms with Crippen LogP contribution in [0.4, 0.5) is 10.1 Å². The SMILES string of the molecule is COc1ccc(NC(=O)C(C)N(Cc2ccc(F)cc2)C(=O)CSc2nc(C)cc(C)n2)cc1. The zero-order valence-corrected chi connectivity index (χ0v) is 20.4. The number of amides is 2. The number of carbonyl (C=O) groups excluding carboxylic acids is 2. The summed E-state index contributed by atoms with van der Waals surface area (Å²) >= 11 is 1.22. The average Bonchev–Trinajstić information content (AvgIpc) is 2.81. The smallest absolute Gasteiger partial charge is 0.246 e. The third-order valence-electron chi connectivity index (χ3n) is 5.08. The summed E-state index contributed by atoms with van der Waals surface area (Å²) < 4.78 is 18.5. The number of rotatable bonds is 9. The Hall–Kier alpha value is -3.46. The fourth-order valence-electron chi connectivity index (χ4n) is 3.26. The molecule has 1 aromatic heterocycles. The number of halogens is 1. The maximum atomic E-state index is 13.4. The Morgan fingerprint density at radius 1 is 1.06 bits per heavy atom. The topological polar surface area (TPSA) is 84.4 Å². The Bertz CT molecular complexity index is 1120. The number of nitrogens with zero attached hydrogens (tertiary/aromatic N) is 3. The molecular weight excluding hydrogens is 455 g/mol. The largest absolute Gasteiger partial charge is 0.497 e. The van der Waals surface area contributed by atoms with Crippen molar-refractivity contribution in [2.45, 2.75) is 38.5 Å². The van der Waals surface area contributed by atoms with Gasteiger partial charge in [0.1, 0.15) is 17.6 Å². The van der Waals surface area contributed by atoms with E-state index in [-0.39, 0.29) is 29.9 Å². The second kappa shape index (κ2) is 11.6. The van der Waals surface area contributed by atoms with Gasteiger partial charge in [-0.15, -0.1) is 0 Å². The number of ether oxygens (including phenoxy) is 1. The number of aromatic nitrogens is 2. The molecule has 1 atom stereocenters. The van der Waals surface area contributed by atoms with Gasteiger partial charge in [0.15, 0.2) is 5.16 Å². The van der Waals surface area contributed by atoms with Crippen LogP contribution in [0.25, 0.3) is 0 Å². The molecule has 178 valence electrons. The van der Waals surface area contributed by atoms with Crippen LogP contribution in [-0.2, 0) is 16.1 Å². The van der Waals surface area contributed by atoms with Crippen molar-refractivity contribution in [1.82, 2.24) is 14.9 Å². The van der Waals surface area contributed by atoms with Crippen molar-refractivity contribution in [3.05, 3.63) is 77.4 Å². The third kappa shape index (κ3) is 7.02. The van der Waals surface area contributed by atoms with Crippen LogP contribution in [0.15, 0.2) is 59.8 Å². The highest BCUT2D eigenvalue weighted by Gasteiger charge is 2.26. The highest BCUT2D eigenvalue weighted by Crippen LogP contribution is 2.19. The van der Waals surface area contributed by atoms with Crippen LogP contribution in [0.1, 0.15) is 23.9 Å². The zero-order chi connectivity index (χ0) is 24.7. The maximum absolute atomic E-state index is 13.4. The molecule has 0 saturated heterocycles. The van der Waals surface area contributed by atoms with E-state index in [1.165, 1.54) is 28.8 Å². The Labute approximate surface area is 202 Å². The Morgan fingerprint density at radius 3 is 2.26 bits per heavy atom. The molecule has 1 heterocycles. The monoisotopic (exact) mass is 482 g/mol. The van der Waals surface area contributed by atoms with Gasteiger partial charge in [0.2, 0.25) is 11.8 Å². The standard InChI is InChI=1S/C25H27FN4O3S/c1-16-13-17(2)28-25(27-16)34-15-23(31)30(14-19-5-7-20(26)8-6-19)18(3)24(32)29-21-9-11-22(33-4)12-10-21/h5-13,18H,14-15H2,1-4H3,(H,29,32). The molecule has 1 N–H and O–H groups in total. The first-order valence-electron chi connectivity index (χ1n) is 10.7. The number of nitrogens with one attached hydrogen (secondary N) is 1. The lowest BCUT2D eigenvalue weighted by atomic mass is 10.1. The first-order chi connectivity index (χ1) is 16.2. The van der Waals surface area contributed by atoms with Crippen molar-refractivity contribution >= 4 is 29.3 Å². The number of benzene rings is 2. The quantitative estimate of drug-likeness (QED) is 0.360. The van der Waals surface area contributed by atoms with E-state index in [1.807, 2.05) is 19.9 Å². The fraction of sp³-hybridized carbons (Fsp3) is 0.280. The summed E-state index contributed by atoms with van der Waals surface area (Å²) in [7, 11) is 1.57. The molecular formula is C25H27FN4O3S. The second-order valence-electron chi connectivity index (χ2n) is 7.76. The lowest BCUT2D eigenvalue weighted by Crippen LogP contribution is -2.46. The Balaban J connectivity index is 1.75. The Kier molecular flexibility index (Phi) is 8.59. The summed E-state index contributed by atoms with van der Waals surface area (Å²) in [6.45, 7) is 5.56. The van der Waals surface area contributed by atoms with E-state index in [4.69, 9.17) is 4.74 Å². The van der Waals surface area contributed by atoms with Gasteiger partial charge in [-0.05, 0) is 68.8 Å². The van der Waals surface area contributed by atoms with Crippen LogP contribution >= 0.6 is 11.8 Å². The van der Waals surface area contributed by atoms with Crippen molar-refractivity contribution in [3.63, 3.8) is 0 Å². The number of anilines is 1. The van der Waals surface area contributed by atoms with Gasteiger partial charge in [0.25, 0.3) is 0 Å². The summed E-state index contributed by atoms with van der Waals surface area (Å²) in [5, 5.41) is 3.33. The number of hydrogen-bond acceptors (Lipinski definition) is 6. The van der Waals surface area contributed by atoms with Gasteiger partial charge < -0.3 is 15.0 Å². The second-order valence-corrected chi connectivity index (χ2v) is 8.71. The van der Waals surface area contributed by atoms with E-state index in [0.717, 1.165) is 11.4 Å². The van der Waals surface area contributed by atoms with Crippen LogP contribution in [0.2, 0.25) is 0 Å². The van der Waals surface area contributed by atoms with Gasteiger partial charge in [-0.25, -0.2) is 14.4 Å². The van der Waals surface area contributed by atoms with Crippen LogP contribution in [0.3, 0.4) is 0 Å². The molecule has 0 aliphatic rings. The van der Waals surface area contributed by atoms with E-state index in [9.17, 15) is 14.0 Å². The van der Waals surface area contributed by atoms with E-state index < -0.39 is 6.04 Å². The summed E-state index contributed by atoms with van der Waals surface area (Å²) in [4.78, 5) is 36.4. The van der Waals surface area contributed by atoms with Crippen molar-refractivity contribution in [3.8, 4) is 5.75 Å². The Morgan fingerprint density at radius 2 is 1.68 bits per heavy atom. The predicted molar refractivity (Wildman–Crippen MR) is 130 cm³/mol. The summed E-state index contributed by atoms with van der Waals surface area (Å²) in [5.74, 6) is -0.230. The van der Waals surface area contributed by atoms with Crippen LogP contribution in [-0.4, -0.2) is 45.6 Å². The molecule has 7 nitrogen and oxygen atoms in total. The van der Waals surface area contributed by atoms with Gasteiger partial charge in [-0.3, -0.25) is 9.59 Å². The first-order valence-corrected chi connectivity index (χ1v) is 11.7. The maximum Gasteiger partial charge on any atom is 0.246 e. The number of hydrogen-bond donors (Lipinski definition) is 1. The molecule has 0 aliphatic carbocycles. The molecule has 1 unspecified atom stereocenters. The molecule has 0 saturated carbocycles. The molecule has 34 heavy (non-hydrogen) atoms. The van der Waals surface area contributed by atoms with Crippen molar-refractivity contribution in [1.29, 1.82) is 0 Å². The number of carbonyl (C=O) groups is 2. The summed E-state index contributed by atoms with van der Waals surface area (Å²) in [6.07, 6.45) is 0. The molecule has 9 heteroatoms. The normalized spacial score (nSPS) is 11.6. The van der Waals surface area contributed by atoms with Crippen LogP contribution in [0, 0.1) is 19.7 Å². The van der Waals surface area contributed by atoms with Gasteiger partial charge in [-0.2, -0.15) is 0 Å². The van der Waals surface area contributed by atoms with Crippen molar-refractivity contribution < 1.29 is 18.7 Å². The number of thioether (sulfide) groups is 1. The lowest BCUT2D eigenvalue weighted by Gasteiger charge is -2.28. The van der Waals surface area contributed by atoms with E-state index in [2.05, 4.69) is 15.3 Å². The average molecular weight is 483 g/mol. The van der Waals surface area contributed by atoms with Crippen LogP contribution < -0.4 is 10.1 Å². The van der Waals surface area contributed by atoms with Crippen molar-refractivity contribution in [2.24, 2.45) is 0 Å². The van der Waals surface area contributed by atoms with Crippen LogP contribution in [0.5, 0.6) is 5.75 Å².